The van der Waals surface area contributed by atoms with Gasteiger partial charge in [0.15, 0.2) is 0 Å². The Morgan fingerprint density at radius 1 is 1.07 bits per heavy atom. The average Bonchev–Trinajstić information content (AvgIpc) is 2.79. The number of carbonyl (C=O) groups excluding carboxylic acids is 1. The smallest absolute Gasteiger partial charge is 0.316 e. The molecule has 29 heavy (non-hydrogen) atoms. The highest BCUT2D eigenvalue weighted by molar-refractivity contribution is 5.77. The van der Waals surface area contributed by atoms with Crippen LogP contribution in [-0.2, 0) is 9.53 Å². The molecule has 5 rings (SSSR count). The second-order valence-corrected chi connectivity index (χ2v) is 8.39. The summed E-state index contributed by atoms with van der Waals surface area (Å²) >= 11 is 0. The molecule has 0 atom stereocenters. The van der Waals surface area contributed by atoms with Crippen LogP contribution in [0.2, 0.25) is 0 Å². The Hall–Kier alpha value is -2.63. The lowest BCUT2D eigenvalue weighted by Gasteiger charge is -2.52. The molecule has 1 aromatic heterocycles. The van der Waals surface area contributed by atoms with Crippen LogP contribution in [0.4, 0.5) is 5.69 Å². The Kier molecular flexibility index (Phi) is 5.43. The van der Waals surface area contributed by atoms with Crippen LogP contribution in [0.25, 0.3) is 11.1 Å². The molecule has 0 saturated heterocycles. The van der Waals surface area contributed by atoms with Crippen molar-refractivity contribution in [2.24, 2.45) is 10.8 Å². The molecule has 0 unspecified atom stereocenters. The van der Waals surface area contributed by atoms with Gasteiger partial charge in [0.05, 0.1) is 19.1 Å². The number of ether oxygens (including phenoxy) is 2. The molecule has 3 saturated carbocycles. The summed E-state index contributed by atoms with van der Waals surface area (Å²) in [6.45, 7) is 3.41. The van der Waals surface area contributed by atoms with E-state index in [4.69, 9.17) is 9.47 Å². The minimum Gasteiger partial charge on any atom is -0.469 e. The maximum Gasteiger partial charge on any atom is 0.316 e. The van der Waals surface area contributed by atoms with E-state index < -0.39 is 0 Å². The zero-order valence-electron chi connectivity index (χ0n) is 17.2. The molecule has 0 radical (unpaired) electrons. The summed E-state index contributed by atoms with van der Waals surface area (Å²) in [4.78, 5) is 20.7. The van der Waals surface area contributed by atoms with E-state index in [1.807, 2.05) is 6.92 Å². The number of rotatable bonds is 7. The molecule has 1 aromatic carbocycles. The average molecular weight is 396 g/mol. The Morgan fingerprint density at radius 3 is 2.38 bits per heavy atom. The third-order valence-electron chi connectivity index (χ3n) is 6.79. The van der Waals surface area contributed by atoms with E-state index in [1.54, 1.807) is 12.4 Å². The van der Waals surface area contributed by atoms with Crippen molar-refractivity contribution < 1.29 is 14.3 Å². The zero-order valence-corrected chi connectivity index (χ0v) is 17.2. The maximum absolute atomic E-state index is 12.2. The molecule has 2 aromatic rings. The lowest BCUT2D eigenvalue weighted by molar-refractivity contribution is -0.162. The number of hydrogen-bond acceptors (Lipinski definition) is 6. The number of aromatic nitrogens is 2. The lowest BCUT2D eigenvalue weighted by Crippen LogP contribution is -2.48. The number of benzene rings is 1. The van der Waals surface area contributed by atoms with E-state index in [-0.39, 0.29) is 16.8 Å². The Bertz CT molecular complexity index is 841. The van der Waals surface area contributed by atoms with Crippen LogP contribution in [0.1, 0.15) is 45.4 Å². The van der Waals surface area contributed by atoms with Gasteiger partial charge in [0, 0.05) is 30.2 Å². The summed E-state index contributed by atoms with van der Waals surface area (Å²) in [7, 11) is 1.51. The van der Waals surface area contributed by atoms with Gasteiger partial charge in [-0.1, -0.05) is 12.1 Å². The van der Waals surface area contributed by atoms with Crippen molar-refractivity contribution in [3.8, 4) is 17.1 Å². The van der Waals surface area contributed by atoms with Gasteiger partial charge >= 0.3 is 12.0 Å². The first-order valence-corrected chi connectivity index (χ1v) is 10.5. The highest BCUT2D eigenvalue weighted by Gasteiger charge is 2.52. The van der Waals surface area contributed by atoms with Crippen LogP contribution in [0, 0.1) is 10.8 Å². The second kappa shape index (κ2) is 8.01. The van der Waals surface area contributed by atoms with Gasteiger partial charge in [-0.2, -0.15) is 0 Å². The highest BCUT2D eigenvalue weighted by Crippen LogP contribution is 2.57. The SMILES string of the molecule is CCOc1ncc(-c2cccc(NCC34CCC(C(=O)OC)(CC3)CC4)c2)cn1. The number of esters is 1. The molecule has 6 heteroatoms. The third-order valence-corrected chi connectivity index (χ3v) is 6.79. The zero-order chi connectivity index (χ0) is 20.3. The fourth-order valence-corrected chi connectivity index (χ4v) is 4.82. The minimum absolute atomic E-state index is 0.0102. The predicted molar refractivity (Wildman–Crippen MR) is 112 cm³/mol. The normalized spacial score (nSPS) is 25.4. The van der Waals surface area contributed by atoms with Crippen molar-refractivity contribution in [1.82, 2.24) is 9.97 Å². The second-order valence-electron chi connectivity index (χ2n) is 8.39. The molecule has 1 N–H and O–H groups in total. The summed E-state index contributed by atoms with van der Waals surface area (Å²) in [6, 6.07) is 8.76. The fourth-order valence-electron chi connectivity index (χ4n) is 4.82. The largest absolute Gasteiger partial charge is 0.469 e. The first-order chi connectivity index (χ1) is 14.1. The van der Waals surface area contributed by atoms with Crippen LogP contribution < -0.4 is 10.1 Å². The minimum atomic E-state index is -0.218. The number of nitrogens with one attached hydrogen (secondary N) is 1. The van der Waals surface area contributed by atoms with Crippen LogP contribution in [-0.4, -0.2) is 36.2 Å². The van der Waals surface area contributed by atoms with Crippen molar-refractivity contribution in [2.45, 2.75) is 45.4 Å². The maximum atomic E-state index is 12.2. The van der Waals surface area contributed by atoms with Gasteiger partial charge < -0.3 is 14.8 Å². The van der Waals surface area contributed by atoms with E-state index in [1.165, 1.54) is 7.11 Å². The van der Waals surface area contributed by atoms with Crippen molar-refractivity contribution >= 4 is 11.7 Å². The van der Waals surface area contributed by atoms with Gasteiger partial charge in [-0.3, -0.25) is 4.79 Å². The topological polar surface area (TPSA) is 73.3 Å². The van der Waals surface area contributed by atoms with Crippen LogP contribution in [0.15, 0.2) is 36.7 Å². The standard InChI is InChI=1S/C23H29N3O3/c1-3-29-21-24-14-18(15-25-21)17-5-4-6-19(13-17)26-16-22-7-10-23(11-8-22,12-9-22)20(27)28-2/h4-6,13-15,26H,3,7-12,16H2,1-2H3. The fraction of sp³-hybridized carbons (Fsp3) is 0.522. The predicted octanol–water partition coefficient (Wildman–Crippen LogP) is 4.47. The van der Waals surface area contributed by atoms with E-state index in [0.29, 0.717) is 12.6 Å². The van der Waals surface area contributed by atoms with Gasteiger partial charge in [0.25, 0.3) is 0 Å². The Morgan fingerprint density at radius 2 is 1.76 bits per heavy atom. The van der Waals surface area contributed by atoms with Gasteiger partial charge in [0.1, 0.15) is 0 Å². The van der Waals surface area contributed by atoms with E-state index in [2.05, 4.69) is 39.6 Å². The summed E-state index contributed by atoms with van der Waals surface area (Å²) in [6.07, 6.45) is 9.69. The number of hydrogen-bond donors (Lipinski definition) is 1. The molecule has 3 aliphatic carbocycles. The van der Waals surface area contributed by atoms with E-state index >= 15 is 0 Å². The van der Waals surface area contributed by atoms with Gasteiger partial charge in [-0.05, 0) is 68.6 Å². The molecule has 0 spiro atoms. The summed E-state index contributed by atoms with van der Waals surface area (Å²) in [5.74, 6) is -0.0102. The van der Waals surface area contributed by atoms with Crippen LogP contribution in [0.5, 0.6) is 6.01 Å². The van der Waals surface area contributed by atoms with Gasteiger partial charge in [-0.25, -0.2) is 9.97 Å². The summed E-state index contributed by atoms with van der Waals surface area (Å²) in [5.41, 5.74) is 3.21. The molecular weight excluding hydrogens is 366 g/mol. The lowest BCUT2D eigenvalue weighted by atomic mass is 9.53. The molecule has 3 aliphatic rings. The number of nitrogens with zero attached hydrogens (tertiary/aromatic N) is 2. The van der Waals surface area contributed by atoms with Gasteiger partial charge in [-0.15, -0.1) is 0 Å². The quantitative estimate of drug-likeness (QED) is 0.698. The first kappa shape index (κ1) is 19.7. The molecule has 154 valence electrons. The highest BCUT2D eigenvalue weighted by atomic mass is 16.5. The van der Waals surface area contributed by atoms with Crippen molar-refractivity contribution in [3.63, 3.8) is 0 Å². The summed E-state index contributed by atoms with van der Waals surface area (Å²) in [5, 5.41) is 3.65. The summed E-state index contributed by atoms with van der Waals surface area (Å²) < 4.78 is 10.4. The van der Waals surface area contributed by atoms with E-state index in [9.17, 15) is 4.79 Å². The van der Waals surface area contributed by atoms with Crippen LogP contribution >= 0.6 is 0 Å². The monoisotopic (exact) mass is 395 g/mol. The molecule has 2 bridgehead atoms. The number of methoxy groups -OCH3 is 1. The third kappa shape index (κ3) is 3.93. The van der Waals surface area contributed by atoms with Crippen molar-refractivity contribution in [2.75, 3.05) is 25.6 Å². The first-order valence-electron chi connectivity index (χ1n) is 10.5. The molecule has 3 fully saturated rings. The Labute approximate surface area is 172 Å². The number of fused-ring (bicyclic) bond motifs is 3. The molecule has 6 nitrogen and oxygen atoms in total. The van der Waals surface area contributed by atoms with Crippen molar-refractivity contribution in [1.29, 1.82) is 0 Å². The van der Waals surface area contributed by atoms with E-state index in [0.717, 1.165) is 61.9 Å². The van der Waals surface area contributed by atoms with Crippen LogP contribution in [0.3, 0.4) is 0 Å². The molecule has 1 heterocycles. The van der Waals surface area contributed by atoms with Crippen molar-refractivity contribution in [3.05, 3.63) is 36.7 Å². The number of carbonyl (C=O) groups is 1. The number of anilines is 1. The molecular formula is C23H29N3O3. The Balaban J connectivity index is 1.40. The van der Waals surface area contributed by atoms with Gasteiger partial charge in [0.2, 0.25) is 0 Å². The molecule has 0 aliphatic heterocycles. The molecule has 0 amide bonds.